The Labute approximate surface area is 146 Å². The largest absolute Gasteiger partial charge is 0.417 e. The summed E-state index contributed by atoms with van der Waals surface area (Å²) in [5, 5.41) is 10.7. The number of halogens is 3. The van der Waals surface area contributed by atoms with E-state index >= 15 is 0 Å². The first-order valence-electron chi connectivity index (χ1n) is 7.00. The predicted octanol–water partition coefficient (Wildman–Crippen LogP) is 2.94. The van der Waals surface area contributed by atoms with Crippen LogP contribution in [0.2, 0.25) is 0 Å². The molecule has 0 saturated carbocycles. The summed E-state index contributed by atoms with van der Waals surface area (Å²) < 4.78 is 64.7. The van der Waals surface area contributed by atoms with Gasteiger partial charge in [0.2, 0.25) is 10.0 Å². The van der Waals surface area contributed by atoms with Crippen LogP contribution in [0.1, 0.15) is 11.1 Å². The quantitative estimate of drug-likeness (QED) is 0.499. The lowest BCUT2D eigenvalue weighted by Crippen LogP contribution is -2.24. The molecule has 2 aromatic carbocycles. The molecule has 0 spiro atoms. The fraction of sp³-hybridized carbons (Fsp3) is 0.125. The first-order valence-corrected chi connectivity index (χ1v) is 8.49. The summed E-state index contributed by atoms with van der Waals surface area (Å²) in [5.74, 6) is 4.57. The molecule has 0 aliphatic rings. The number of nitro benzene ring substituents is 1. The summed E-state index contributed by atoms with van der Waals surface area (Å²) in [7, 11) is -4.09. The molecule has 0 heterocycles. The van der Waals surface area contributed by atoms with E-state index in [0.29, 0.717) is 0 Å². The number of hydrogen-bond donors (Lipinski definition) is 1. The minimum atomic E-state index is -4.58. The molecule has 0 atom stereocenters. The minimum absolute atomic E-state index is 0.283. The average molecular weight is 384 g/mol. The van der Waals surface area contributed by atoms with Crippen molar-refractivity contribution in [3.8, 4) is 11.8 Å². The van der Waals surface area contributed by atoms with Gasteiger partial charge in [0.05, 0.1) is 21.9 Å². The van der Waals surface area contributed by atoms with Crippen LogP contribution in [0.15, 0.2) is 53.4 Å². The molecule has 0 aliphatic heterocycles. The molecule has 0 amide bonds. The Kier molecular flexibility index (Phi) is 5.64. The molecule has 6 nitrogen and oxygen atoms in total. The van der Waals surface area contributed by atoms with Gasteiger partial charge in [-0.2, -0.15) is 17.9 Å². The molecule has 0 aromatic heterocycles. The monoisotopic (exact) mass is 384 g/mol. The topological polar surface area (TPSA) is 89.3 Å². The first kappa shape index (κ1) is 19.4. The van der Waals surface area contributed by atoms with Crippen molar-refractivity contribution in [1.29, 1.82) is 0 Å². The number of benzene rings is 2. The number of non-ortho nitro benzene ring substituents is 1. The van der Waals surface area contributed by atoms with Gasteiger partial charge in [-0.1, -0.05) is 30.0 Å². The van der Waals surface area contributed by atoms with Crippen LogP contribution < -0.4 is 4.72 Å². The Morgan fingerprint density at radius 2 is 1.81 bits per heavy atom. The van der Waals surface area contributed by atoms with Crippen LogP contribution in [0.4, 0.5) is 18.9 Å². The summed E-state index contributed by atoms with van der Waals surface area (Å²) in [6, 6.07) is 9.01. The normalized spacial score (nSPS) is 11.5. The van der Waals surface area contributed by atoms with E-state index in [0.717, 1.165) is 24.3 Å². The van der Waals surface area contributed by atoms with E-state index in [1.165, 1.54) is 24.3 Å². The second-order valence-electron chi connectivity index (χ2n) is 4.92. The van der Waals surface area contributed by atoms with Crippen LogP contribution in [-0.2, 0) is 16.2 Å². The van der Waals surface area contributed by atoms with Crippen LogP contribution in [0.25, 0.3) is 0 Å². The Balaban J connectivity index is 2.15. The van der Waals surface area contributed by atoms with Crippen molar-refractivity contribution in [2.45, 2.75) is 11.1 Å². The number of rotatable bonds is 4. The zero-order valence-electron chi connectivity index (χ0n) is 12.9. The van der Waals surface area contributed by atoms with Crippen molar-refractivity contribution in [2.75, 3.05) is 6.54 Å². The van der Waals surface area contributed by atoms with Gasteiger partial charge in [0.1, 0.15) is 0 Å². The van der Waals surface area contributed by atoms with Crippen molar-refractivity contribution >= 4 is 15.7 Å². The van der Waals surface area contributed by atoms with Gasteiger partial charge >= 0.3 is 6.18 Å². The second-order valence-corrected chi connectivity index (χ2v) is 6.69. The van der Waals surface area contributed by atoms with E-state index in [1.807, 2.05) is 0 Å². The number of alkyl halides is 3. The molecule has 1 N–H and O–H groups in total. The molecular weight excluding hydrogens is 373 g/mol. The fourth-order valence-electron chi connectivity index (χ4n) is 1.96. The Hall–Kier alpha value is -2.90. The van der Waals surface area contributed by atoms with E-state index in [9.17, 15) is 31.7 Å². The summed E-state index contributed by atoms with van der Waals surface area (Å²) in [6.07, 6.45) is -4.58. The zero-order chi connectivity index (χ0) is 19.4. The number of nitrogens with one attached hydrogen (secondary N) is 1. The molecule has 0 bridgehead atoms. The number of sulfonamides is 1. The van der Waals surface area contributed by atoms with E-state index < -0.39 is 38.9 Å². The maximum absolute atomic E-state index is 12.8. The van der Waals surface area contributed by atoms with Crippen molar-refractivity contribution in [2.24, 2.45) is 0 Å². The van der Waals surface area contributed by atoms with Gasteiger partial charge in [-0.3, -0.25) is 10.1 Å². The molecule has 0 fully saturated rings. The maximum atomic E-state index is 12.8. The lowest BCUT2D eigenvalue weighted by molar-refractivity contribution is -0.385. The number of nitro groups is 1. The van der Waals surface area contributed by atoms with Crippen molar-refractivity contribution < 1.29 is 26.5 Å². The van der Waals surface area contributed by atoms with Crippen LogP contribution >= 0.6 is 0 Å². The molecule has 0 aliphatic carbocycles. The highest BCUT2D eigenvalue weighted by atomic mass is 32.2. The number of nitrogens with zero attached hydrogens (tertiary/aromatic N) is 1. The van der Waals surface area contributed by atoms with Gasteiger partial charge in [0.15, 0.2) is 0 Å². The van der Waals surface area contributed by atoms with Crippen molar-refractivity contribution in [3.63, 3.8) is 0 Å². The Bertz CT molecular complexity index is 992. The smallest absolute Gasteiger partial charge is 0.258 e. The third kappa shape index (κ3) is 4.81. The Morgan fingerprint density at radius 1 is 1.12 bits per heavy atom. The molecule has 0 unspecified atom stereocenters. The molecule has 2 rings (SSSR count). The average Bonchev–Trinajstić information content (AvgIpc) is 2.58. The summed E-state index contributed by atoms with van der Waals surface area (Å²) in [5.41, 5.74) is -1.61. The van der Waals surface area contributed by atoms with Gasteiger partial charge in [-0.15, -0.1) is 0 Å². The Morgan fingerprint density at radius 3 is 2.46 bits per heavy atom. The zero-order valence-corrected chi connectivity index (χ0v) is 13.8. The lowest BCUT2D eigenvalue weighted by atomic mass is 10.1. The van der Waals surface area contributed by atoms with E-state index in [2.05, 4.69) is 16.6 Å². The molecule has 10 heteroatoms. The molecule has 136 valence electrons. The van der Waals surface area contributed by atoms with Crippen LogP contribution in [0.5, 0.6) is 0 Å². The van der Waals surface area contributed by atoms with E-state index in [-0.39, 0.29) is 10.5 Å². The molecule has 0 radical (unpaired) electrons. The highest BCUT2D eigenvalue weighted by molar-refractivity contribution is 7.89. The summed E-state index contributed by atoms with van der Waals surface area (Å²) >= 11 is 0. The van der Waals surface area contributed by atoms with Crippen LogP contribution in [-0.4, -0.2) is 19.9 Å². The highest BCUT2D eigenvalue weighted by Crippen LogP contribution is 2.31. The van der Waals surface area contributed by atoms with Crippen LogP contribution in [0.3, 0.4) is 0 Å². The van der Waals surface area contributed by atoms with Crippen LogP contribution in [0, 0.1) is 22.0 Å². The highest BCUT2D eigenvalue weighted by Gasteiger charge is 2.32. The van der Waals surface area contributed by atoms with E-state index in [1.54, 1.807) is 0 Å². The molecule has 0 saturated heterocycles. The molecular formula is C16H11F3N2O4S. The van der Waals surface area contributed by atoms with Gasteiger partial charge in [0.25, 0.3) is 5.69 Å². The van der Waals surface area contributed by atoms with Gasteiger partial charge in [-0.25, -0.2) is 8.42 Å². The summed E-state index contributed by atoms with van der Waals surface area (Å²) in [6.45, 7) is -0.461. The maximum Gasteiger partial charge on any atom is 0.417 e. The third-order valence-electron chi connectivity index (χ3n) is 3.14. The van der Waals surface area contributed by atoms with Gasteiger partial charge in [0, 0.05) is 17.7 Å². The fourth-order valence-corrected chi connectivity index (χ4v) is 2.92. The predicted molar refractivity (Wildman–Crippen MR) is 86.6 cm³/mol. The SMILES string of the molecule is O=[N+]([O-])c1cccc(S(=O)(=O)NCC#Cc2ccccc2C(F)(F)F)c1. The van der Waals surface area contributed by atoms with Crippen molar-refractivity contribution in [3.05, 3.63) is 69.8 Å². The molecule has 26 heavy (non-hydrogen) atoms. The van der Waals surface area contributed by atoms with Crippen molar-refractivity contribution in [1.82, 2.24) is 4.72 Å². The number of hydrogen-bond acceptors (Lipinski definition) is 4. The first-order chi connectivity index (χ1) is 12.1. The van der Waals surface area contributed by atoms with E-state index in [4.69, 9.17) is 0 Å². The second kappa shape index (κ2) is 7.55. The van der Waals surface area contributed by atoms with Gasteiger partial charge in [-0.05, 0) is 18.2 Å². The minimum Gasteiger partial charge on any atom is -0.258 e. The van der Waals surface area contributed by atoms with Gasteiger partial charge < -0.3 is 0 Å². The molecule has 2 aromatic rings. The standard InChI is InChI=1S/C16H11F3N2O4S/c17-16(18,19)15-9-2-1-5-12(15)6-4-10-20-26(24,25)14-8-3-7-13(11-14)21(22)23/h1-3,5,7-9,11,20H,10H2. The summed E-state index contributed by atoms with van der Waals surface area (Å²) in [4.78, 5) is 9.60. The lowest BCUT2D eigenvalue weighted by Gasteiger charge is -2.08. The third-order valence-corrected chi connectivity index (χ3v) is 4.54.